The summed E-state index contributed by atoms with van der Waals surface area (Å²) >= 11 is 0. The third-order valence-electron chi connectivity index (χ3n) is 3.94. The Morgan fingerprint density at radius 1 is 0.958 bits per heavy atom. The van der Waals surface area contributed by atoms with E-state index >= 15 is 0 Å². The van der Waals surface area contributed by atoms with E-state index in [4.69, 9.17) is 0 Å². The summed E-state index contributed by atoms with van der Waals surface area (Å²) in [7, 11) is 0. The lowest BCUT2D eigenvalue weighted by atomic mass is 10.0. The van der Waals surface area contributed by atoms with E-state index in [1.54, 1.807) is 12.4 Å². The summed E-state index contributed by atoms with van der Waals surface area (Å²) in [5.41, 5.74) is 5.33. The number of hydrogen-bond donors (Lipinski definition) is 1. The second-order valence-electron chi connectivity index (χ2n) is 5.81. The van der Waals surface area contributed by atoms with E-state index in [1.807, 2.05) is 42.5 Å². The molecule has 1 aromatic heterocycles. The molecule has 1 N–H and O–H groups in total. The molecule has 3 heteroatoms. The monoisotopic (exact) mass is 316 g/mol. The molecule has 0 spiro atoms. The van der Waals surface area contributed by atoms with Crippen LogP contribution < -0.4 is 5.32 Å². The Labute approximate surface area is 142 Å². The standard InChI is InChI=1S/C21H20N2O/c1-16-3-2-4-17(15-16)9-14-23-21(24)20-7-5-18(6-8-20)19-10-12-22-13-11-19/h2-8,10-13,15H,9,14H2,1H3,(H,23,24). The van der Waals surface area contributed by atoms with Crippen LogP contribution in [0.25, 0.3) is 11.1 Å². The van der Waals surface area contributed by atoms with Gasteiger partial charge in [-0.3, -0.25) is 9.78 Å². The first-order valence-corrected chi connectivity index (χ1v) is 8.06. The largest absolute Gasteiger partial charge is 0.352 e. The van der Waals surface area contributed by atoms with E-state index in [-0.39, 0.29) is 5.91 Å². The molecule has 1 amide bonds. The molecule has 0 fully saturated rings. The number of benzene rings is 2. The van der Waals surface area contributed by atoms with Crippen LogP contribution in [0.2, 0.25) is 0 Å². The first-order valence-electron chi connectivity index (χ1n) is 8.06. The van der Waals surface area contributed by atoms with Crippen molar-refractivity contribution >= 4 is 5.91 Å². The Bertz CT molecular complexity index is 811. The van der Waals surface area contributed by atoms with Gasteiger partial charge in [-0.25, -0.2) is 0 Å². The average Bonchev–Trinajstić information content (AvgIpc) is 2.63. The lowest BCUT2D eigenvalue weighted by Gasteiger charge is -2.07. The predicted octanol–water partition coefficient (Wildman–Crippen LogP) is 4.03. The molecule has 0 aliphatic carbocycles. The van der Waals surface area contributed by atoms with Gasteiger partial charge in [0.1, 0.15) is 0 Å². The van der Waals surface area contributed by atoms with E-state index in [0.717, 1.165) is 17.5 Å². The summed E-state index contributed by atoms with van der Waals surface area (Å²) < 4.78 is 0. The molecule has 0 saturated heterocycles. The van der Waals surface area contributed by atoms with Crippen LogP contribution in [0, 0.1) is 6.92 Å². The highest BCUT2D eigenvalue weighted by molar-refractivity contribution is 5.94. The van der Waals surface area contributed by atoms with Gasteiger partial charge in [-0.05, 0) is 54.3 Å². The summed E-state index contributed by atoms with van der Waals surface area (Å²) in [5, 5.41) is 2.98. The number of nitrogens with zero attached hydrogens (tertiary/aromatic N) is 1. The summed E-state index contributed by atoms with van der Waals surface area (Å²) in [4.78, 5) is 16.2. The van der Waals surface area contributed by atoms with Gasteiger partial charge in [0.25, 0.3) is 5.91 Å². The minimum atomic E-state index is -0.0380. The smallest absolute Gasteiger partial charge is 0.251 e. The zero-order valence-electron chi connectivity index (χ0n) is 13.7. The topological polar surface area (TPSA) is 42.0 Å². The third kappa shape index (κ3) is 4.07. The van der Waals surface area contributed by atoms with Crippen LogP contribution in [-0.4, -0.2) is 17.4 Å². The van der Waals surface area contributed by atoms with Crippen molar-refractivity contribution in [2.45, 2.75) is 13.3 Å². The van der Waals surface area contributed by atoms with Gasteiger partial charge in [0.05, 0.1) is 0 Å². The molecule has 0 atom stereocenters. The van der Waals surface area contributed by atoms with Gasteiger partial charge in [0.15, 0.2) is 0 Å². The maximum absolute atomic E-state index is 12.2. The molecule has 0 bridgehead atoms. The average molecular weight is 316 g/mol. The van der Waals surface area contributed by atoms with Crippen LogP contribution in [0.3, 0.4) is 0 Å². The van der Waals surface area contributed by atoms with Gasteiger partial charge in [-0.2, -0.15) is 0 Å². The molecule has 1 heterocycles. The summed E-state index contributed by atoms with van der Waals surface area (Å²) in [6, 6.07) is 19.9. The summed E-state index contributed by atoms with van der Waals surface area (Å²) in [6.07, 6.45) is 4.37. The third-order valence-corrected chi connectivity index (χ3v) is 3.94. The van der Waals surface area contributed by atoms with Crippen molar-refractivity contribution in [1.82, 2.24) is 10.3 Å². The SMILES string of the molecule is Cc1cccc(CCNC(=O)c2ccc(-c3ccncc3)cc2)c1. The Morgan fingerprint density at radius 3 is 2.38 bits per heavy atom. The highest BCUT2D eigenvalue weighted by Crippen LogP contribution is 2.18. The molecule has 0 saturated carbocycles. The fraction of sp³-hybridized carbons (Fsp3) is 0.143. The van der Waals surface area contributed by atoms with Gasteiger partial charge in [-0.15, -0.1) is 0 Å². The minimum Gasteiger partial charge on any atom is -0.352 e. The quantitative estimate of drug-likeness (QED) is 0.772. The van der Waals surface area contributed by atoms with E-state index in [2.05, 4.69) is 35.4 Å². The molecule has 120 valence electrons. The molecule has 0 aliphatic rings. The first kappa shape index (κ1) is 15.9. The molecule has 3 aromatic rings. The maximum Gasteiger partial charge on any atom is 0.251 e. The lowest BCUT2D eigenvalue weighted by molar-refractivity contribution is 0.0954. The zero-order chi connectivity index (χ0) is 16.8. The summed E-state index contributed by atoms with van der Waals surface area (Å²) in [5.74, 6) is -0.0380. The number of carbonyl (C=O) groups is 1. The van der Waals surface area contributed by atoms with E-state index in [0.29, 0.717) is 12.1 Å². The number of pyridine rings is 1. The van der Waals surface area contributed by atoms with Crippen LogP contribution >= 0.6 is 0 Å². The van der Waals surface area contributed by atoms with E-state index in [1.165, 1.54) is 11.1 Å². The second kappa shape index (κ2) is 7.55. The number of amides is 1. The van der Waals surface area contributed by atoms with Crippen molar-refractivity contribution < 1.29 is 4.79 Å². The van der Waals surface area contributed by atoms with Gasteiger partial charge < -0.3 is 5.32 Å². The number of rotatable bonds is 5. The van der Waals surface area contributed by atoms with Crippen molar-refractivity contribution in [3.05, 3.63) is 89.7 Å². The highest BCUT2D eigenvalue weighted by atomic mass is 16.1. The van der Waals surface area contributed by atoms with Crippen molar-refractivity contribution in [2.24, 2.45) is 0 Å². The molecule has 0 unspecified atom stereocenters. The molecule has 3 rings (SSSR count). The van der Waals surface area contributed by atoms with Gasteiger partial charge in [0, 0.05) is 24.5 Å². The van der Waals surface area contributed by atoms with Crippen LogP contribution in [0.4, 0.5) is 0 Å². The van der Waals surface area contributed by atoms with Crippen LogP contribution in [0.5, 0.6) is 0 Å². The number of hydrogen-bond acceptors (Lipinski definition) is 2. The number of carbonyl (C=O) groups excluding carboxylic acids is 1. The van der Waals surface area contributed by atoms with Gasteiger partial charge >= 0.3 is 0 Å². The number of aryl methyl sites for hydroxylation is 1. The normalized spacial score (nSPS) is 10.4. The molecular weight excluding hydrogens is 296 g/mol. The second-order valence-corrected chi connectivity index (χ2v) is 5.81. The minimum absolute atomic E-state index is 0.0380. The Kier molecular flexibility index (Phi) is 5.02. The zero-order valence-corrected chi connectivity index (χ0v) is 13.7. The molecule has 24 heavy (non-hydrogen) atoms. The van der Waals surface area contributed by atoms with E-state index in [9.17, 15) is 4.79 Å². The van der Waals surface area contributed by atoms with Crippen LogP contribution in [0.15, 0.2) is 73.1 Å². The molecular formula is C21H20N2O. The molecule has 3 nitrogen and oxygen atoms in total. The molecule has 0 aliphatic heterocycles. The Balaban J connectivity index is 1.57. The Morgan fingerprint density at radius 2 is 1.67 bits per heavy atom. The van der Waals surface area contributed by atoms with Crippen LogP contribution in [-0.2, 0) is 6.42 Å². The van der Waals surface area contributed by atoms with Crippen molar-refractivity contribution in [1.29, 1.82) is 0 Å². The summed E-state index contributed by atoms with van der Waals surface area (Å²) in [6.45, 7) is 2.71. The molecule has 2 aromatic carbocycles. The van der Waals surface area contributed by atoms with Gasteiger partial charge in [-0.1, -0.05) is 42.0 Å². The first-order chi connectivity index (χ1) is 11.7. The highest BCUT2D eigenvalue weighted by Gasteiger charge is 2.05. The molecule has 0 radical (unpaired) electrons. The predicted molar refractivity (Wildman–Crippen MR) is 96.9 cm³/mol. The maximum atomic E-state index is 12.2. The fourth-order valence-electron chi connectivity index (χ4n) is 2.65. The van der Waals surface area contributed by atoms with Crippen molar-refractivity contribution in [3.8, 4) is 11.1 Å². The van der Waals surface area contributed by atoms with E-state index < -0.39 is 0 Å². The lowest BCUT2D eigenvalue weighted by Crippen LogP contribution is -2.25. The number of nitrogens with one attached hydrogen (secondary N) is 1. The van der Waals surface area contributed by atoms with Crippen LogP contribution in [0.1, 0.15) is 21.5 Å². The Hall–Kier alpha value is -2.94. The van der Waals surface area contributed by atoms with Crippen molar-refractivity contribution in [3.63, 3.8) is 0 Å². The fourth-order valence-corrected chi connectivity index (χ4v) is 2.65. The van der Waals surface area contributed by atoms with Crippen molar-refractivity contribution in [2.75, 3.05) is 6.54 Å². The number of aromatic nitrogens is 1. The van der Waals surface area contributed by atoms with Gasteiger partial charge in [0.2, 0.25) is 0 Å².